The summed E-state index contributed by atoms with van der Waals surface area (Å²) in [6.45, 7) is 7.06. The first kappa shape index (κ1) is 24.3. The number of amides is 3. The number of nitrogens with one attached hydrogen (secondary N) is 1. The van der Waals surface area contributed by atoms with Crippen LogP contribution in [0.5, 0.6) is 0 Å². The van der Waals surface area contributed by atoms with Crippen molar-refractivity contribution < 1.29 is 14.3 Å². The molecule has 0 spiro atoms. The predicted octanol–water partition coefficient (Wildman–Crippen LogP) is 4.58. The van der Waals surface area contributed by atoms with Crippen LogP contribution in [0.3, 0.4) is 0 Å². The van der Waals surface area contributed by atoms with Gasteiger partial charge in [0.25, 0.3) is 0 Å². The molecule has 1 aliphatic rings. The topological polar surface area (TPSA) is 61.9 Å². The van der Waals surface area contributed by atoms with E-state index >= 15 is 0 Å². The summed E-state index contributed by atoms with van der Waals surface area (Å²) in [4.78, 5) is 32.2. The summed E-state index contributed by atoms with van der Waals surface area (Å²) in [5, 5.41) is 2.97. The van der Waals surface area contributed by atoms with Crippen LogP contribution in [-0.4, -0.2) is 54.1 Å². The maximum absolute atomic E-state index is 13.4. The Labute approximate surface area is 195 Å². The molecule has 2 aromatic rings. The third kappa shape index (κ3) is 7.64. The molecule has 174 valence electrons. The summed E-state index contributed by atoms with van der Waals surface area (Å²) in [6.07, 6.45) is 3.86. The molecule has 0 bridgehead atoms. The molecule has 1 aromatic heterocycles. The Hall–Kier alpha value is -2.38. The van der Waals surface area contributed by atoms with Gasteiger partial charge in [-0.1, -0.05) is 43.7 Å². The van der Waals surface area contributed by atoms with Crippen molar-refractivity contribution in [2.45, 2.75) is 58.7 Å². The standard InChI is InChI=1S/C25H35N3O3S/c1-3-4-14-26-25(30)28(17-22-11-8-15-31-22)19-24(29)27(16-21-9-6-5-7-10-21)18-23-13-12-20(2)32-23/h5-7,9-10,12-13,22H,3-4,8,11,14-19H2,1-2H3,(H,26,30). The zero-order valence-electron chi connectivity index (χ0n) is 19.2. The van der Waals surface area contributed by atoms with Crippen molar-refractivity contribution in [3.63, 3.8) is 0 Å². The molecule has 6 nitrogen and oxygen atoms in total. The number of benzene rings is 1. The first-order valence-electron chi connectivity index (χ1n) is 11.6. The van der Waals surface area contributed by atoms with Gasteiger partial charge in [0.1, 0.15) is 6.54 Å². The van der Waals surface area contributed by atoms with E-state index in [1.165, 1.54) is 4.88 Å². The molecule has 1 fully saturated rings. The molecule has 1 aliphatic heterocycles. The smallest absolute Gasteiger partial charge is 0.317 e. The van der Waals surface area contributed by atoms with Crippen LogP contribution < -0.4 is 5.32 Å². The van der Waals surface area contributed by atoms with Crippen LogP contribution in [0, 0.1) is 6.92 Å². The average molecular weight is 458 g/mol. The molecular formula is C25H35N3O3S. The molecule has 3 rings (SSSR count). The highest BCUT2D eigenvalue weighted by atomic mass is 32.1. The first-order valence-corrected chi connectivity index (χ1v) is 12.4. The van der Waals surface area contributed by atoms with Gasteiger partial charge >= 0.3 is 6.03 Å². The SMILES string of the molecule is CCCCNC(=O)N(CC(=O)N(Cc1ccccc1)Cc1ccc(C)s1)CC1CCCO1. The molecule has 2 heterocycles. The van der Waals surface area contributed by atoms with Gasteiger partial charge in [0.15, 0.2) is 0 Å². The van der Waals surface area contributed by atoms with E-state index in [1.54, 1.807) is 16.2 Å². The largest absolute Gasteiger partial charge is 0.376 e. The number of nitrogens with zero attached hydrogens (tertiary/aromatic N) is 2. The molecule has 1 atom stereocenters. The van der Waals surface area contributed by atoms with Gasteiger partial charge in [-0.3, -0.25) is 4.79 Å². The number of thiophene rings is 1. The van der Waals surface area contributed by atoms with Crippen LogP contribution >= 0.6 is 11.3 Å². The van der Waals surface area contributed by atoms with E-state index < -0.39 is 0 Å². The van der Waals surface area contributed by atoms with Crippen molar-refractivity contribution in [1.29, 1.82) is 0 Å². The number of rotatable bonds is 11. The van der Waals surface area contributed by atoms with Crippen LogP contribution in [0.1, 0.15) is 47.9 Å². The first-order chi connectivity index (χ1) is 15.5. The fourth-order valence-electron chi connectivity index (χ4n) is 3.79. The highest BCUT2D eigenvalue weighted by Crippen LogP contribution is 2.19. The van der Waals surface area contributed by atoms with E-state index in [1.807, 2.05) is 35.2 Å². The van der Waals surface area contributed by atoms with Gasteiger partial charge in [0, 0.05) is 36.0 Å². The molecule has 32 heavy (non-hydrogen) atoms. The number of aryl methyl sites for hydroxylation is 1. The maximum atomic E-state index is 13.4. The second-order valence-corrected chi connectivity index (χ2v) is 9.72. The number of hydrogen-bond acceptors (Lipinski definition) is 4. The summed E-state index contributed by atoms with van der Waals surface area (Å²) in [5.74, 6) is -0.0523. The number of ether oxygens (including phenoxy) is 1. The Morgan fingerprint density at radius 2 is 1.94 bits per heavy atom. The van der Waals surface area contributed by atoms with E-state index in [2.05, 4.69) is 31.3 Å². The molecule has 3 amide bonds. The molecule has 1 aromatic carbocycles. The average Bonchev–Trinajstić information content (AvgIpc) is 3.45. The normalized spacial score (nSPS) is 15.5. The summed E-state index contributed by atoms with van der Waals surface area (Å²) < 4.78 is 5.75. The fraction of sp³-hybridized carbons (Fsp3) is 0.520. The molecule has 7 heteroatoms. The van der Waals surface area contributed by atoms with Crippen molar-refractivity contribution >= 4 is 23.3 Å². The Balaban J connectivity index is 1.71. The second kappa shape index (κ2) is 12.6. The third-order valence-corrected chi connectivity index (χ3v) is 6.57. The number of urea groups is 1. The number of carbonyl (C=O) groups excluding carboxylic acids is 2. The summed E-state index contributed by atoms with van der Waals surface area (Å²) in [7, 11) is 0. The van der Waals surface area contributed by atoms with Crippen molar-refractivity contribution in [2.75, 3.05) is 26.2 Å². The molecule has 0 radical (unpaired) electrons. The summed E-state index contributed by atoms with van der Waals surface area (Å²) in [6, 6.07) is 14.0. The molecule has 1 unspecified atom stereocenters. The summed E-state index contributed by atoms with van der Waals surface area (Å²) in [5.41, 5.74) is 1.08. The maximum Gasteiger partial charge on any atom is 0.317 e. The Morgan fingerprint density at radius 3 is 2.59 bits per heavy atom. The van der Waals surface area contributed by atoms with Crippen LogP contribution in [0.2, 0.25) is 0 Å². The van der Waals surface area contributed by atoms with Gasteiger partial charge in [0.05, 0.1) is 12.6 Å². The van der Waals surface area contributed by atoms with E-state index in [0.29, 0.717) is 26.2 Å². The molecule has 0 aliphatic carbocycles. The number of unbranched alkanes of at least 4 members (excludes halogenated alkanes) is 1. The van der Waals surface area contributed by atoms with E-state index in [4.69, 9.17) is 4.74 Å². The van der Waals surface area contributed by atoms with Gasteiger partial charge in [-0.25, -0.2) is 4.79 Å². The molecular weight excluding hydrogens is 422 g/mol. The van der Waals surface area contributed by atoms with Gasteiger partial charge in [-0.2, -0.15) is 0 Å². The molecule has 1 saturated heterocycles. The second-order valence-electron chi connectivity index (χ2n) is 8.35. The Bertz CT molecular complexity index is 849. The minimum absolute atomic E-state index is 0.00208. The third-order valence-electron chi connectivity index (χ3n) is 5.58. The van der Waals surface area contributed by atoms with Gasteiger partial charge in [-0.15, -0.1) is 11.3 Å². The lowest BCUT2D eigenvalue weighted by molar-refractivity contribution is -0.133. The zero-order chi connectivity index (χ0) is 22.8. The minimum Gasteiger partial charge on any atom is -0.376 e. The van der Waals surface area contributed by atoms with Gasteiger partial charge in [0.2, 0.25) is 5.91 Å². The van der Waals surface area contributed by atoms with E-state index in [0.717, 1.165) is 42.7 Å². The molecule has 1 N–H and O–H groups in total. The van der Waals surface area contributed by atoms with Crippen molar-refractivity contribution in [2.24, 2.45) is 0 Å². The lowest BCUT2D eigenvalue weighted by Gasteiger charge is -2.29. The van der Waals surface area contributed by atoms with Crippen molar-refractivity contribution in [3.05, 3.63) is 57.8 Å². The molecule has 0 saturated carbocycles. The van der Waals surface area contributed by atoms with Gasteiger partial charge in [-0.05, 0) is 43.9 Å². The Kier molecular flexibility index (Phi) is 9.56. The predicted molar refractivity (Wildman–Crippen MR) is 129 cm³/mol. The lowest BCUT2D eigenvalue weighted by atomic mass is 10.2. The lowest BCUT2D eigenvalue weighted by Crippen LogP contribution is -2.49. The van der Waals surface area contributed by atoms with Crippen molar-refractivity contribution in [1.82, 2.24) is 15.1 Å². The zero-order valence-corrected chi connectivity index (χ0v) is 20.0. The fourth-order valence-corrected chi connectivity index (χ4v) is 4.70. The summed E-state index contributed by atoms with van der Waals surface area (Å²) >= 11 is 1.70. The minimum atomic E-state index is -0.186. The van der Waals surface area contributed by atoms with Crippen LogP contribution in [0.25, 0.3) is 0 Å². The number of carbonyl (C=O) groups is 2. The number of hydrogen-bond donors (Lipinski definition) is 1. The quantitative estimate of drug-likeness (QED) is 0.503. The monoisotopic (exact) mass is 457 g/mol. The highest BCUT2D eigenvalue weighted by Gasteiger charge is 2.26. The van der Waals surface area contributed by atoms with Gasteiger partial charge < -0.3 is 19.9 Å². The van der Waals surface area contributed by atoms with E-state index in [9.17, 15) is 9.59 Å². The van der Waals surface area contributed by atoms with E-state index in [-0.39, 0.29) is 24.6 Å². The highest BCUT2D eigenvalue weighted by molar-refractivity contribution is 7.11. The van der Waals surface area contributed by atoms with Crippen LogP contribution in [-0.2, 0) is 22.6 Å². The van der Waals surface area contributed by atoms with Crippen LogP contribution in [0.15, 0.2) is 42.5 Å². The Morgan fingerprint density at radius 1 is 1.12 bits per heavy atom. The van der Waals surface area contributed by atoms with Crippen LogP contribution in [0.4, 0.5) is 4.79 Å². The van der Waals surface area contributed by atoms with Crippen molar-refractivity contribution in [3.8, 4) is 0 Å².